The van der Waals surface area contributed by atoms with E-state index in [9.17, 15) is 9.59 Å². The molecule has 1 aromatic carbocycles. The third-order valence-electron chi connectivity index (χ3n) is 3.85. The molecule has 25 heavy (non-hydrogen) atoms. The van der Waals surface area contributed by atoms with Crippen LogP contribution in [0.4, 0.5) is 5.69 Å². The number of hydrogen-bond donors (Lipinski definition) is 2. The lowest BCUT2D eigenvalue weighted by atomic mass is 10.1. The highest BCUT2D eigenvalue weighted by atomic mass is 16.1. The van der Waals surface area contributed by atoms with Gasteiger partial charge in [0.25, 0.3) is 5.91 Å². The Hall–Kier alpha value is -2.65. The molecule has 6 heteroatoms. The lowest BCUT2D eigenvalue weighted by molar-refractivity contribution is -0.112. The average Bonchev–Trinajstić information content (AvgIpc) is 2.61. The number of amides is 1. The van der Waals surface area contributed by atoms with Gasteiger partial charge in [0.15, 0.2) is 5.78 Å². The van der Waals surface area contributed by atoms with Crippen LogP contribution in [0.2, 0.25) is 0 Å². The number of nitriles is 1. The molecular weight excluding hydrogens is 316 g/mol. The number of hydrogen-bond acceptors (Lipinski definition) is 5. The molecule has 0 radical (unpaired) electrons. The van der Waals surface area contributed by atoms with Gasteiger partial charge in [0.1, 0.15) is 11.6 Å². The van der Waals surface area contributed by atoms with Crippen LogP contribution in [-0.4, -0.2) is 42.8 Å². The summed E-state index contributed by atoms with van der Waals surface area (Å²) in [7, 11) is 0. The standard InChI is InChI=1S/C19H26N4O2/c1-4-23(5-2)12-6-11-21-14-17(13-20)19(25)22-18-9-7-16(8-10-18)15(3)24/h7-10,14,21H,4-6,11-12H2,1-3H3,(H,22,25)/b17-14-. The van der Waals surface area contributed by atoms with Crippen LogP contribution in [0, 0.1) is 11.3 Å². The van der Waals surface area contributed by atoms with E-state index in [-0.39, 0.29) is 11.4 Å². The fraction of sp³-hybridized carbons (Fsp3) is 0.421. The highest BCUT2D eigenvalue weighted by Crippen LogP contribution is 2.11. The molecular formula is C19H26N4O2. The van der Waals surface area contributed by atoms with Crippen molar-refractivity contribution < 1.29 is 9.59 Å². The average molecular weight is 342 g/mol. The van der Waals surface area contributed by atoms with Crippen LogP contribution in [0.1, 0.15) is 37.6 Å². The van der Waals surface area contributed by atoms with Crippen molar-refractivity contribution >= 4 is 17.4 Å². The first kappa shape index (κ1) is 20.4. The van der Waals surface area contributed by atoms with Gasteiger partial charge in [-0.25, -0.2) is 0 Å². The number of carbonyl (C=O) groups excluding carboxylic acids is 2. The first-order chi connectivity index (χ1) is 12.0. The molecule has 1 rings (SSSR count). The van der Waals surface area contributed by atoms with E-state index in [1.165, 1.54) is 13.1 Å². The molecule has 0 aliphatic rings. The van der Waals surface area contributed by atoms with Crippen molar-refractivity contribution in [2.75, 3.05) is 31.5 Å². The summed E-state index contributed by atoms with van der Waals surface area (Å²) in [6, 6.07) is 8.45. The van der Waals surface area contributed by atoms with Crippen LogP contribution in [0.25, 0.3) is 0 Å². The van der Waals surface area contributed by atoms with Gasteiger partial charge >= 0.3 is 0 Å². The molecule has 6 nitrogen and oxygen atoms in total. The molecule has 134 valence electrons. The highest BCUT2D eigenvalue weighted by Gasteiger charge is 2.09. The van der Waals surface area contributed by atoms with Crippen molar-refractivity contribution in [2.45, 2.75) is 27.2 Å². The number of Topliss-reactive ketones (excluding diaryl/α,β-unsaturated/α-hetero) is 1. The summed E-state index contributed by atoms with van der Waals surface area (Å²) < 4.78 is 0. The van der Waals surface area contributed by atoms with Crippen molar-refractivity contribution in [3.8, 4) is 6.07 Å². The number of anilines is 1. The minimum atomic E-state index is -0.477. The Balaban J connectivity index is 2.51. The lowest BCUT2D eigenvalue weighted by Gasteiger charge is -2.17. The van der Waals surface area contributed by atoms with Gasteiger partial charge in [0.2, 0.25) is 0 Å². The normalized spacial score (nSPS) is 11.1. The molecule has 0 fully saturated rings. The molecule has 1 amide bonds. The van der Waals surface area contributed by atoms with Crippen LogP contribution < -0.4 is 10.6 Å². The summed E-state index contributed by atoms with van der Waals surface area (Å²) >= 11 is 0. The van der Waals surface area contributed by atoms with E-state index < -0.39 is 5.91 Å². The Kier molecular flexibility index (Phi) is 8.97. The minimum absolute atomic E-state index is 0.0125. The van der Waals surface area contributed by atoms with E-state index in [4.69, 9.17) is 5.26 Å². The van der Waals surface area contributed by atoms with Gasteiger partial charge in [-0.1, -0.05) is 13.8 Å². The van der Waals surface area contributed by atoms with Gasteiger partial charge in [0.05, 0.1) is 0 Å². The number of carbonyl (C=O) groups is 2. The van der Waals surface area contributed by atoms with Gasteiger partial charge in [-0.3, -0.25) is 9.59 Å². The van der Waals surface area contributed by atoms with Gasteiger partial charge in [-0.05, 0) is 57.2 Å². The summed E-state index contributed by atoms with van der Waals surface area (Å²) in [5.74, 6) is -0.515. The smallest absolute Gasteiger partial charge is 0.267 e. The van der Waals surface area contributed by atoms with Crippen LogP contribution in [-0.2, 0) is 4.79 Å². The molecule has 0 atom stereocenters. The van der Waals surface area contributed by atoms with E-state index >= 15 is 0 Å². The SMILES string of the molecule is CCN(CC)CCCN/C=C(/C#N)C(=O)Nc1ccc(C(C)=O)cc1. The molecule has 0 saturated heterocycles. The number of nitrogens with zero attached hydrogens (tertiary/aromatic N) is 2. The fourth-order valence-electron chi connectivity index (χ4n) is 2.25. The van der Waals surface area contributed by atoms with Crippen molar-refractivity contribution in [1.29, 1.82) is 5.26 Å². The molecule has 0 aliphatic carbocycles. The van der Waals surface area contributed by atoms with E-state index in [2.05, 4.69) is 29.4 Å². The molecule has 1 aromatic rings. The molecule has 0 heterocycles. The number of rotatable bonds is 10. The van der Waals surface area contributed by atoms with Crippen LogP contribution >= 0.6 is 0 Å². The van der Waals surface area contributed by atoms with Crippen molar-refractivity contribution in [1.82, 2.24) is 10.2 Å². The fourth-order valence-corrected chi connectivity index (χ4v) is 2.25. The van der Waals surface area contributed by atoms with Gasteiger partial charge < -0.3 is 15.5 Å². The third-order valence-corrected chi connectivity index (χ3v) is 3.85. The summed E-state index contributed by atoms with van der Waals surface area (Å²) in [5.41, 5.74) is 1.13. The Morgan fingerprint density at radius 1 is 1.20 bits per heavy atom. The Morgan fingerprint density at radius 2 is 1.84 bits per heavy atom. The zero-order valence-corrected chi connectivity index (χ0v) is 15.1. The first-order valence-corrected chi connectivity index (χ1v) is 8.50. The Labute approximate surface area is 149 Å². The number of nitrogens with one attached hydrogen (secondary N) is 2. The zero-order chi connectivity index (χ0) is 18.7. The highest BCUT2D eigenvalue weighted by molar-refractivity contribution is 6.06. The topological polar surface area (TPSA) is 85.2 Å². The Morgan fingerprint density at radius 3 is 2.36 bits per heavy atom. The molecule has 0 aromatic heterocycles. The summed E-state index contributed by atoms with van der Waals surface area (Å²) in [5, 5.41) is 14.8. The predicted molar refractivity (Wildman–Crippen MR) is 99.2 cm³/mol. The summed E-state index contributed by atoms with van der Waals surface area (Å²) in [4.78, 5) is 25.7. The van der Waals surface area contributed by atoms with Gasteiger partial charge in [0, 0.05) is 24.0 Å². The maximum absolute atomic E-state index is 12.1. The summed E-state index contributed by atoms with van der Waals surface area (Å²) in [6.07, 6.45) is 2.38. The maximum atomic E-state index is 12.1. The monoisotopic (exact) mass is 342 g/mol. The third kappa shape index (κ3) is 7.19. The molecule has 0 spiro atoms. The van der Waals surface area contributed by atoms with Crippen LogP contribution in [0.15, 0.2) is 36.0 Å². The minimum Gasteiger partial charge on any atom is -0.390 e. The predicted octanol–water partition coefficient (Wildman–Crippen LogP) is 2.56. The van der Waals surface area contributed by atoms with Gasteiger partial charge in [-0.15, -0.1) is 0 Å². The molecule has 0 bridgehead atoms. The second-order valence-electron chi connectivity index (χ2n) is 5.59. The van der Waals surface area contributed by atoms with Crippen molar-refractivity contribution in [3.63, 3.8) is 0 Å². The first-order valence-electron chi connectivity index (χ1n) is 8.50. The number of benzene rings is 1. The largest absolute Gasteiger partial charge is 0.390 e. The van der Waals surface area contributed by atoms with E-state index in [0.29, 0.717) is 17.8 Å². The molecule has 0 unspecified atom stereocenters. The van der Waals surface area contributed by atoms with Crippen LogP contribution in [0.5, 0.6) is 0 Å². The van der Waals surface area contributed by atoms with E-state index in [1.54, 1.807) is 24.3 Å². The van der Waals surface area contributed by atoms with Gasteiger partial charge in [-0.2, -0.15) is 5.26 Å². The second kappa shape index (κ2) is 11.0. The molecule has 0 saturated carbocycles. The summed E-state index contributed by atoms with van der Waals surface area (Å²) in [6.45, 7) is 9.43. The molecule has 2 N–H and O–H groups in total. The quantitative estimate of drug-likeness (QED) is 0.295. The number of ketones is 1. The maximum Gasteiger partial charge on any atom is 0.267 e. The Bertz CT molecular complexity index is 640. The van der Waals surface area contributed by atoms with E-state index in [1.807, 2.05) is 6.07 Å². The van der Waals surface area contributed by atoms with Crippen molar-refractivity contribution in [3.05, 3.63) is 41.6 Å². The van der Waals surface area contributed by atoms with Crippen molar-refractivity contribution in [2.24, 2.45) is 0 Å². The molecule has 0 aliphatic heterocycles. The lowest BCUT2D eigenvalue weighted by Crippen LogP contribution is -2.26. The zero-order valence-electron chi connectivity index (χ0n) is 15.1. The van der Waals surface area contributed by atoms with E-state index in [0.717, 1.165) is 26.1 Å². The van der Waals surface area contributed by atoms with Crippen LogP contribution in [0.3, 0.4) is 0 Å². The second-order valence-corrected chi connectivity index (χ2v) is 5.59.